The molecule has 1 atom stereocenters. The van der Waals surface area contributed by atoms with E-state index in [2.05, 4.69) is 10.2 Å². The maximum absolute atomic E-state index is 14.0. The topological polar surface area (TPSA) is 129 Å². The average molecular weight is 551 g/mol. The molecule has 2 N–H and O–H groups in total. The van der Waals surface area contributed by atoms with Crippen LogP contribution in [0, 0.1) is 12.7 Å². The van der Waals surface area contributed by atoms with Gasteiger partial charge in [-0.2, -0.15) is 15.0 Å². The first kappa shape index (κ1) is 28.7. The van der Waals surface area contributed by atoms with Crippen LogP contribution in [0.15, 0.2) is 54.7 Å². The summed E-state index contributed by atoms with van der Waals surface area (Å²) in [6, 6.07) is 12.6. The average Bonchev–Trinajstić information content (AvgIpc) is 3.42. The molecular weight excluding hydrogens is 519 g/mol. The number of carbonyl (C=O) groups excluding carboxylic acids is 1. The van der Waals surface area contributed by atoms with Gasteiger partial charge in [0.05, 0.1) is 32.7 Å². The molecule has 0 fully saturated rings. The van der Waals surface area contributed by atoms with Gasteiger partial charge in [0.1, 0.15) is 29.6 Å². The van der Waals surface area contributed by atoms with Crippen LogP contribution in [-0.2, 0) is 12.6 Å². The molecule has 2 aromatic carbocycles. The number of rotatable bonds is 12. The number of aromatic nitrogens is 4. The molecule has 0 amide bonds. The fourth-order valence-electron chi connectivity index (χ4n) is 4.32. The predicted octanol–water partition coefficient (Wildman–Crippen LogP) is 3.61. The van der Waals surface area contributed by atoms with Crippen molar-refractivity contribution in [3.05, 3.63) is 83.1 Å². The van der Waals surface area contributed by atoms with Crippen LogP contribution in [0.25, 0.3) is 11.3 Å². The van der Waals surface area contributed by atoms with E-state index in [1.165, 1.54) is 31.3 Å². The number of ether oxygens (including phenoxy) is 3. The maximum Gasteiger partial charge on any atom is 0.163 e. The number of Topliss-reactive ketones (excluding diaryl/α,β-unsaturated/α-hetero) is 1. The third kappa shape index (κ3) is 5.95. The lowest BCUT2D eigenvalue weighted by atomic mass is 9.87. The summed E-state index contributed by atoms with van der Waals surface area (Å²) in [6.07, 6.45) is 1.30. The van der Waals surface area contributed by atoms with E-state index in [-0.39, 0.29) is 49.0 Å². The predicted molar refractivity (Wildman–Crippen MR) is 144 cm³/mol. The minimum atomic E-state index is -1.78. The number of ketones is 1. The van der Waals surface area contributed by atoms with Crippen molar-refractivity contribution >= 4 is 5.78 Å². The molecule has 0 spiro atoms. The number of pyridine rings is 1. The Bertz CT molecular complexity index is 1510. The van der Waals surface area contributed by atoms with Crippen LogP contribution in [0.1, 0.15) is 40.2 Å². The normalized spacial score (nSPS) is 12.6. The zero-order chi connectivity index (χ0) is 28.9. The second kappa shape index (κ2) is 12.2. The Kier molecular flexibility index (Phi) is 8.76. The van der Waals surface area contributed by atoms with Crippen molar-refractivity contribution in [1.29, 1.82) is 0 Å². The van der Waals surface area contributed by atoms with Gasteiger partial charge in [-0.25, -0.2) is 9.37 Å². The summed E-state index contributed by atoms with van der Waals surface area (Å²) in [5, 5.41) is 29.5. The van der Waals surface area contributed by atoms with Crippen LogP contribution in [0.5, 0.6) is 17.2 Å². The van der Waals surface area contributed by atoms with Crippen molar-refractivity contribution in [2.45, 2.75) is 25.4 Å². The highest BCUT2D eigenvalue weighted by molar-refractivity contribution is 5.96. The molecule has 0 saturated carbocycles. The Hall–Kier alpha value is -4.35. The molecule has 2 aromatic heterocycles. The summed E-state index contributed by atoms with van der Waals surface area (Å²) < 4.78 is 30.2. The Labute approximate surface area is 231 Å². The minimum absolute atomic E-state index is 0.0587. The van der Waals surface area contributed by atoms with Crippen LogP contribution in [0.2, 0.25) is 0 Å². The number of halogens is 1. The molecule has 40 heavy (non-hydrogen) atoms. The number of methoxy groups -OCH3 is 2. The van der Waals surface area contributed by atoms with Crippen molar-refractivity contribution in [3.63, 3.8) is 0 Å². The van der Waals surface area contributed by atoms with E-state index in [9.17, 15) is 14.3 Å². The fraction of sp³-hybridized carbons (Fsp3) is 0.310. The van der Waals surface area contributed by atoms with E-state index < -0.39 is 5.60 Å². The SMILES string of the molecule is COc1cc(C(=O)CCC(O)(c2ccc(OC)c(-c3ccc(F)c(C)c3)n2)c2cnn(C)n2)ccc1OCCO. The van der Waals surface area contributed by atoms with Crippen LogP contribution < -0.4 is 14.2 Å². The number of benzene rings is 2. The molecule has 210 valence electrons. The number of hydrogen-bond acceptors (Lipinski definition) is 9. The lowest BCUT2D eigenvalue weighted by Crippen LogP contribution is -2.30. The Balaban J connectivity index is 1.69. The molecule has 1 unspecified atom stereocenters. The molecule has 10 nitrogen and oxygen atoms in total. The third-order valence-electron chi connectivity index (χ3n) is 6.50. The summed E-state index contributed by atoms with van der Waals surface area (Å²) in [7, 11) is 4.58. The van der Waals surface area contributed by atoms with E-state index in [0.29, 0.717) is 39.6 Å². The summed E-state index contributed by atoms with van der Waals surface area (Å²) in [5.74, 6) is 0.577. The van der Waals surface area contributed by atoms with Gasteiger partial charge in [-0.3, -0.25) is 4.79 Å². The quantitative estimate of drug-likeness (QED) is 0.254. The zero-order valence-electron chi connectivity index (χ0n) is 22.7. The van der Waals surface area contributed by atoms with E-state index >= 15 is 0 Å². The van der Waals surface area contributed by atoms with Gasteiger partial charge in [0.2, 0.25) is 0 Å². The summed E-state index contributed by atoms with van der Waals surface area (Å²) in [5.41, 5.74) is 0.458. The van der Waals surface area contributed by atoms with Crippen LogP contribution in [0.4, 0.5) is 4.39 Å². The molecule has 0 aliphatic heterocycles. The first-order valence-corrected chi connectivity index (χ1v) is 12.6. The second-order valence-electron chi connectivity index (χ2n) is 9.15. The Morgan fingerprint density at radius 1 is 1.02 bits per heavy atom. The van der Waals surface area contributed by atoms with Gasteiger partial charge in [-0.15, -0.1) is 0 Å². The van der Waals surface area contributed by atoms with E-state index in [1.54, 1.807) is 56.4 Å². The van der Waals surface area contributed by atoms with Crippen molar-refractivity contribution in [2.24, 2.45) is 7.05 Å². The van der Waals surface area contributed by atoms with E-state index in [1.807, 2.05) is 0 Å². The van der Waals surface area contributed by atoms with Crippen LogP contribution in [-0.4, -0.2) is 63.4 Å². The van der Waals surface area contributed by atoms with E-state index in [0.717, 1.165) is 0 Å². The smallest absolute Gasteiger partial charge is 0.163 e. The molecule has 0 bridgehead atoms. The van der Waals surface area contributed by atoms with Crippen LogP contribution in [0.3, 0.4) is 0 Å². The van der Waals surface area contributed by atoms with Crippen LogP contribution >= 0.6 is 0 Å². The lowest BCUT2D eigenvalue weighted by Gasteiger charge is -2.26. The molecule has 11 heteroatoms. The van der Waals surface area contributed by atoms with Gasteiger partial charge in [0.15, 0.2) is 22.9 Å². The summed E-state index contributed by atoms with van der Waals surface area (Å²) in [4.78, 5) is 19.3. The van der Waals surface area contributed by atoms with Gasteiger partial charge in [-0.1, -0.05) is 0 Å². The second-order valence-corrected chi connectivity index (χ2v) is 9.15. The van der Waals surface area contributed by atoms with E-state index in [4.69, 9.17) is 24.3 Å². The van der Waals surface area contributed by atoms with Gasteiger partial charge in [0, 0.05) is 24.6 Å². The summed E-state index contributed by atoms with van der Waals surface area (Å²) >= 11 is 0. The number of aliphatic hydroxyl groups is 2. The standard InChI is InChI=1S/C29H31FN4O6/c1-18-15-20(5-7-21(18)30)28-24(38-3)9-10-26(32-28)29(37,27-17-31-34(2)33-27)12-11-22(36)19-6-8-23(40-14-13-35)25(16-19)39-4/h5-10,15-17,35,37H,11-14H2,1-4H3. The molecule has 0 radical (unpaired) electrons. The first-order chi connectivity index (χ1) is 19.2. The maximum atomic E-state index is 14.0. The van der Waals surface area contributed by atoms with Gasteiger partial charge in [-0.05, 0) is 67.4 Å². The highest BCUT2D eigenvalue weighted by atomic mass is 19.1. The first-order valence-electron chi connectivity index (χ1n) is 12.6. The highest BCUT2D eigenvalue weighted by Gasteiger charge is 2.37. The summed E-state index contributed by atoms with van der Waals surface area (Å²) in [6.45, 7) is 1.58. The van der Waals surface area contributed by atoms with Crippen molar-refractivity contribution in [2.75, 3.05) is 27.4 Å². The molecule has 0 saturated heterocycles. The number of aryl methyl sites for hydroxylation is 2. The zero-order valence-corrected chi connectivity index (χ0v) is 22.7. The fourth-order valence-corrected chi connectivity index (χ4v) is 4.32. The Morgan fingerprint density at radius 3 is 2.42 bits per heavy atom. The highest BCUT2D eigenvalue weighted by Crippen LogP contribution is 2.37. The largest absolute Gasteiger partial charge is 0.494 e. The molecular formula is C29H31FN4O6. The molecule has 4 rings (SSSR count). The van der Waals surface area contributed by atoms with Gasteiger partial charge in [0.25, 0.3) is 0 Å². The molecule has 2 heterocycles. The minimum Gasteiger partial charge on any atom is -0.494 e. The molecule has 0 aliphatic carbocycles. The molecule has 0 aliphatic rings. The third-order valence-corrected chi connectivity index (χ3v) is 6.50. The number of aliphatic hydroxyl groups excluding tert-OH is 1. The van der Waals surface area contributed by atoms with Crippen molar-refractivity contribution in [3.8, 4) is 28.5 Å². The monoisotopic (exact) mass is 550 g/mol. The van der Waals surface area contributed by atoms with Crippen molar-refractivity contribution < 1.29 is 33.6 Å². The number of hydrogen-bond donors (Lipinski definition) is 2. The van der Waals surface area contributed by atoms with Crippen molar-refractivity contribution in [1.82, 2.24) is 20.0 Å². The van der Waals surface area contributed by atoms with Gasteiger partial charge >= 0.3 is 0 Å². The number of carbonyl (C=O) groups is 1. The number of nitrogens with zero attached hydrogens (tertiary/aromatic N) is 4. The molecule has 4 aromatic rings. The Morgan fingerprint density at radius 2 is 1.77 bits per heavy atom. The lowest BCUT2D eigenvalue weighted by molar-refractivity contribution is 0.0556. The van der Waals surface area contributed by atoms with Gasteiger partial charge < -0.3 is 24.4 Å².